The van der Waals surface area contributed by atoms with Crippen LogP contribution in [-0.2, 0) is 11.8 Å². The molecule has 0 aliphatic rings. The predicted octanol–water partition coefficient (Wildman–Crippen LogP) is 2.73. The smallest absolute Gasteiger partial charge is 0.407 e. The Morgan fingerprint density at radius 3 is 2.58 bits per heavy atom. The summed E-state index contributed by atoms with van der Waals surface area (Å²) in [5.74, 6) is 0.156. The number of hydrogen-bond acceptors (Lipinski definition) is 6. The molecule has 3 aromatic rings. The highest BCUT2D eigenvalue weighted by Gasteiger charge is 2.17. The summed E-state index contributed by atoms with van der Waals surface area (Å²) >= 11 is 0. The highest BCUT2D eigenvalue weighted by Crippen LogP contribution is 2.25. The fourth-order valence-corrected chi connectivity index (χ4v) is 2.91. The molecule has 0 radical (unpaired) electrons. The van der Waals surface area contributed by atoms with Gasteiger partial charge in [0.1, 0.15) is 5.60 Å². The number of rotatable bonds is 6. The van der Waals surface area contributed by atoms with Gasteiger partial charge in [0.2, 0.25) is 0 Å². The third-order valence-electron chi connectivity index (χ3n) is 4.27. The molecule has 1 aromatic carbocycles. The van der Waals surface area contributed by atoms with Crippen LogP contribution in [0.15, 0.2) is 30.5 Å². The van der Waals surface area contributed by atoms with E-state index in [0.717, 1.165) is 0 Å². The average Bonchev–Trinajstić information content (AvgIpc) is 3.26. The van der Waals surface area contributed by atoms with E-state index in [9.17, 15) is 19.7 Å². The maximum absolute atomic E-state index is 12.4. The standard InChI is InChI=1S/C20H24N6O5/c1-20(2,3)31-19(28)22-8-7-21-18(27)12-5-6-14-15(9-12)24-17(23-14)16-10-13(26(29)30)11-25(16)4/h5-6,9-11H,7-8H2,1-4H3,(H,21,27)(H,22,28)(H,23,24). The molecular formula is C20H24N6O5. The Bertz CT molecular complexity index is 1140. The molecule has 0 aliphatic carbocycles. The molecule has 0 saturated carbocycles. The van der Waals surface area contributed by atoms with Crippen LogP contribution in [0.5, 0.6) is 0 Å². The molecule has 0 saturated heterocycles. The number of carbonyl (C=O) groups excluding carboxylic acids is 2. The number of benzene rings is 1. The van der Waals surface area contributed by atoms with Crippen molar-refractivity contribution in [2.75, 3.05) is 13.1 Å². The second-order valence-corrected chi connectivity index (χ2v) is 7.95. The zero-order chi connectivity index (χ0) is 22.8. The van der Waals surface area contributed by atoms with Gasteiger partial charge in [0.25, 0.3) is 11.6 Å². The number of amides is 2. The van der Waals surface area contributed by atoms with E-state index in [1.54, 1.807) is 50.6 Å². The highest BCUT2D eigenvalue weighted by molar-refractivity contribution is 5.97. The van der Waals surface area contributed by atoms with Gasteiger partial charge in [-0.2, -0.15) is 0 Å². The van der Waals surface area contributed by atoms with Crippen LogP contribution < -0.4 is 10.6 Å². The molecule has 0 aliphatic heterocycles. The van der Waals surface area contributed by atoms with Crippen molar-refractivity contribution in [1.82, 2.24) is 25.2 Å². The maximum Gasteiger partial charge on any atom is 0.407 e. The fourth-order valence-electron chi connectivity index (χ4n) is 2.91. The summed E-state index contributed by atoms with van der Waals surface area (Å²) in [5, 5.41) is 16.3. The monoisotopic (exact) mass is 428 g/mol. The van der Waals surface area contributed by atoms with E-state index in [2.05, 4.69) is 20.6 Å². The summed E-state index contributed by atoms with van der Waals surface area (Å²) < 4.78 is 6.74. The number of aromatic amines is 1. The maximum atomic E-state index is 12.4. The molecule has 31 heavy (non-hydrogen) atoms. The molecular weight excluding hydrogens is 404 g/mol. The quantitative estimate of drug-likeness (QED) is 0.313. The van der Waals surface area contributed by atoms with Crippen molar-refractivity contribution in [3.63, 3.8) is 0 Å². The van der Waals surface area contributed by atoms with Gasteiger partial charge >= 0.3 is 6.09 Å². The van der Waals surface area contributed by atoms with Gasteiger partial charge in [0, 0.05) is 31.8 Å². The minimum absolute atomic E-state index is 0.0296. The molecule has 2 amide bonds. The number of carbonyl (C=O) groups is 2. The minimum Gasteiger partial charge on any atom is -0.444 e. The van der Waals surface area contributed by atoms with Crippen LogP contribution in [0.2, 0.25) is 0 Å². The topological polar surface area (TPSA) is 144 Å². The minimum atomic E-state index is -0.587. The average molecular weight is 428 g/mol. The highest BCUT2D eigenvalue weighted by atomic mass is 16.6. The van der Waals surface area contributed by atoms with Crippen molar-refractivity contribution < 1.29 is 19.2 Å². The van der Waals surface area contributed by atoms with Gasteiger partial charge in [-0.25, -0.2) is 9.78 Å². The van der Waals surface area contributed by atoms with Gasteiger partial charge in [-0.1, -0.05) is 0 Å². The summed E-state index contributed by atoms with van der Waals surface area (Å²) in [6.45, 7) is 5.76. The zero-order valence-corrected chi connectivity index (χ0v) is 17.7. The number of nitrogens with one attached hydrogen (secondary N) is 3. The number of hydrogen-bond donors (Lipinski definition) is 3. The van der Waals surface area contributed by atoms with Gasteiger partial charge in [0.05, 0.1) is 27.8 Å². The molecule has 0 fully saturated rings. The fraction of sp³-hybridized carbons (Fsp3) is 0.350. The number of fused-ring (bicyclic) bond motifs is 1. The number of alkyl carbamates (subject to hydrolysis) is 1. The van der Waals surface area contributed by atoms with Gasteiger partial charge in [0.15, 0.2) is 5.82 Å². The molecule has 0 bridgehead atoms. The lowest BCUT2D eigenvalue weighted by Crippen LogP contribution is -2.37. The van der Waals surface area contributed by atoms with E-state index >= 15 is 0 Å². The van der Waals surface area contributed by atoms with Crippen molar-refractivity contribution >= 4 is 28.7 Å². The molecule has 3 N–H and O–H groups in total. The Kier molecular flexibility index (Phi) is 5.95. The van der Waals surface area contributed by atoms with E-state index in [1.807, 2.05) is 0 Å². The number of aromatic nitrogens is 3. The van der Waals surface area contributed by atoms with E-state index < -0.39 is 16.6 Å². The first kappa shape index (κ1) is 21.8. The lowest BCUT2D eigenvalue weighted by Gasteiger charge is -2.19. The predicted molar refractivity (Wildman–Crippen MR) is 114 cm³/mol. The number of imidazole rings is 1. The van der Waals surface area contributed by atoms with E-state index in [4.69, 9.17) is 4.74 Å². The van der Waals surface area contributed by atoms with Crippen molar-refractivity contribution in [3.05, 3.63) is 46.1 Å². The third-order valence-corrected chi connectivity index (χ3v) is 4.27. The Hall–Kier alpha value is -3.89. The Balaban J connectivity index is 1.64. The van der Waals surface area contributed by atoms with Crippen LogP contribution in [0.25, 0.3) is 22.6 Å². The number of nitrogens with zero attached hydrogens (tertiary/aromatic N) is 3. The first-order chi connectivity index (χ1) is 14.5. The first-order valence-corrected chi connectivity index (χ1v) is 9.59. The Labute approximate surface area is 177 Å². The molecule has 11 heteroatoms. The van der Waals surface area contributed by atoms with Gasteiger partial charge < -0.3 is 24.9 Å². The summed E-state index contributed by atoms with van der Waals surface area (Å²) in [6.07, 6.45) is 0.862. The van der Waals surface area contributed by atoms with Gasteiger partial charge in [-0.05, 0) is 39.0 Å². The summed E-state index contributed by atoms with van der Waals surface area (Å²) in [4.78, 5) is 42.1. The van der Waals surface area contributed by atoms with Gasteiger partial charge in [-0.15, -0.1) is 0 Å². The van der Waals surface area contributed by atoms with E-state index in [-0.39, 0.29) is 24.7 Å². The molecule has 0 unspecified atom stereocenters. The van der Waals surface area contributed by atoms with E-state index in [1.165, 1.54) is 12.3 Å². The van der Waals surface area contributed by atoms with Crippen LogP contribution >= 0.6 is 0 Å². The second-order valence-electron chi connectivity index (χ2n) is 7.95. The molecule has 0 spiro atoms. The second kappa shape index (κ2) is 8.46. The van der Waals surface area contributed by atoms with Crippen LogP contribution in [-0.4, -0.2) is 50.1 Å². The van der Waals surface area contributed by atoms with Crippen molar-refractivity contribution in [2.24, 2.45) is 7.05 Å². The van der Waals surface area contributed by atoms with Crippen molar-refractivity contribution in [1.29, 1.82) is 0 Å². The number of ether oxygens (including phenoxy) is 1. The lowest BCUT2D eigenvalue weighted by molar-refractivity contribution is -0.384. The largest absolute Gasteiger partial charge is 0.444 e. The van der Waals surface area contributed by atoms with Crippen molar-refractivity contribution in [2.45, 2.75) is 26.4 Å². The lowest BCUT2D eigenvalue weighted by atomic mass is 10.2. The molecule has 0 atom stereocenters. The van der Waals surface area contributed by atoms with Gasteiger partial charge in [-0.3, -0.25) is 14.9 Å². The normalized spacial score (nSPS) is 11.4. The summed E-state index contributed by atoms with van der Waals surface area (Å²) in [7, 11) is 1.69. The number of H-pyrrole nitrogens is 1. The Morgan fingerprint density at radius 1 is 1.23 bits per heavy atom. The Morgan fingerprint density at radius 2 is 1.94 bits per heavy atom. The molecule has 164 valence electrons. The molecule has 2 heterocycles. The number of aryl methyl sites for hydroxylation is 1. The van der Waals surface area contributed by atoms with E-state index in [0.29, 0.717) is 28.1 Å². The van der Waals surface area contributed by atoms with Crippen LogP contribution in [0, 0.1) is 10.1 Å². The molecule has 2 aromatic heterocycles. The first-order valence-electron chi connectivity index (χ1n) is 9.59. The molecule has 11 nitrogen and oxygen atoms in total. The number of nitro groups is 1. The van der Waals surface area contributed by atoms with Crippen molar-refractivity contribution in [3.8, 4) is 11.5 Å². The van der Waals surface area contributed by atoms with Crippen LogP contribution in [0.1, 0.15) is 31.1 Å². The summed E-state index contributed by atoms with van der Waals surface area (Å²) in [5.41, 5.74) is 1.61. The van der Waals surface area contributed by atoms with Crippen LogP contribution in [0.4, 0.5) is 10.5 Å². The summed E-state index contributed by atoms with van der Waals surface area (Å²) in [6, 6.07) is 6.42. The van der Waals surface area contributed by atoms with Crippen LogP contribution in [0.3, 0.4) is 0 Å². The third kappa shape index (κ3) is 5.38. The zero-order valence-electron chi connectivity index (χ0n) is 17.7. The SMILES string of the molecule is Cn1cc([N+](=O)[O-])cc1-c1nc2ccc(C(=O)NCCNC(=O)OC(C)(C)C)cc2[nH]1. The molecule has 3 rings (SSSR count).